The number of benzene rings is 2. The normalized spacial score (nSPS) is 11.6. The van der Waals surface area contributed by atoms with Crippen LogP contribution in [0.4, 0.5) is 18.9 Å². The van der Waals surface area contributed by atoms with E-state index in [-0.39, 0.29) is 21.5 Å². The molecule has 0 aliphatic heterocycles. The Labute approximate surface area is 161 Å². The Morgan fingerprint density at radius 2 is 1.85 bits per heavy atom. The van der Waals surface area contributed by atoms with Gasteiger partial charge in [0.05, 0.1) is 19.9 Å². The number of anilines is 1. The van der Waals surface area contributed by atoms with Crippen molar-refractivity contribution in [1.29, 1.82) is 0 Å². The number of hydrogen-bond acceptors (Lipinski definition) is 4. The smallest absolute Gasteiger partial charge is 0.506 e. The van der Waals surface area contributed by atoms with E-state index in [2.05, 4.69) is 41.9 Å². The van der Waals surface area contributed by atoms with Crippen molar-refractivity contribution in [3.63, 3.8) is 0 Å². The largest absolute Gasteiger partial charge is 0.573 e. The molecule has 0 unspecified atom stereocenters. The van der Waals surface area contributed by atoms with Crippen molar-refractivity contribution in [2.24, 2.45) is 0 Å². The van der Waals surface area contributed by atoms with E-state index in [9.17, 15) is 23.1 Å². The number of furan rings is 1. The van der Waals surface area contributed by atoms with E-state index >= 15 is 0 Å². The van der Waals surface area contributed by atoms with Crippen LogP contribution in [0.2, 0.25) is 0 Å². The van der Waals surface area contributed by atoms with Crippen LogP contribution >= 0.6 is 31.9 Å². The second-order valence-electron chi connectivity index (χ2n) is 5.07. The lowest BCUT2D eigenvalue weighted by Crippen LogP contribution is -2.17. The highest BCUT2D eigenvalue weighted by Crippen LogP contribution is 2.41. The quantitative estimate of drug-likeness (QED) is 0.481. The van der Waals surface area contributed by atoms with Gasteiger partial charge in [-0.15, -0.1) is 13.2 Å². The van der Waals surface area contributed by atoms with Crippen molar-refractivity contribution >= 4 is 54.4 Å². The number of carbonyl (C=O) groups excluding carboxylic acids is 1. The molecule has 1 aromatic heterocycles. The van der Waals surface area contributed by atoms with Gasteiger partial charge < -0.3 is 19.6 Å². The summed E-state index contributed by atoms with van der Waals surface area (Å²) in [6.45, 7) is 0. The van der Waals surface area contributed by atoms with E-state index < -0.39 is 18.0 Å². The van der Waals surface area contributed by atoms with Gasteiger partial charge in [-0.25, -0.2) is 0 Å². The molecular weight excluding hydrogens is 487 g/mol. The molecule has 0 aliphatic rings. The first-order valence-electron chi connectivity index (χ1n) is 6.91. The second-order valence-corrected chi connectivity index (χ2v) is 6.72. The number of alkyl halides is 3. The van der Waals surface area contributed by atoms with E-state index in [1.54, 1.807) is 0 Å². The van der Waals surface area contributed by atoms with Gasteiger partial charge in [0.25, 0.3) is 5.91 Å². The maximum atomic E-state index is 12.5. The monoisotopic (exact) mass is 493 g/mol. The zero-order chi connectivity index (χ0) is 19.1. The van der Waals surface area contributed by atoms with Gasteiger partial charge in [0.2, 0.25) is 0 Å². The predicted octanol–water partition coefficient (Wildman–Crippen LogP) is 5.81. The highest BCUT2D eigenvalue weighted by atomic mass is 79.9. The van der Waals surface area contributed by atoms with Crippen molar-refractivity contribution in [2.75, 3.05) is 5.32 Å². The Bertz CT molecular complexity index is 984. The van der Waals surface area contributed by atoms with Gasteiger partial charge in [-0.05, 0) is 62.2 Å². The first kappa shape index (κ1) is 18.6. The van der Waals surface area contributed by atoms with Gasteiger partial charge >= 0.3 is 6.36 Å². The molecule has 5 nitrogen and oxygen atoms in total. The Balaban J connectivity index is 1.85. The van der Waals surface area contributed by atoms with Crippen LogP contribution in [0.15, 0.2) is 50.0 Å². The summed E-state index contributed by atoms with van der Waals surface area (Å²) < 4.78 is 46.2. The molecule has 0 saturated heterocycles. The summed E-state index contributed by atoms with van der Waals surface area (Å²) in [7, 11) is 0. The molecule has 2 N–H and O–H groups in total. The molecule has 3 rings (SSSR count). The Morgan fingerprint density at radius 1 is 1.19 bits per heavy atom. The summed E-state index contributed by atoms with van der Waals surface area (Å²) >= 11 is 6.37. The molecule has 0 aliphatic carbocycles. The third-order valence-electron chi connectivity index (χ3n) is 3.32. The van der Waals surface area contributed by atoms with E-state index in [0.29, 0.717) is 15.4 Å². The van der Waals surface area contributed by atoms with Crippen LogP contribution in [0.5, 0.6) is 11.5 Å². The lowest BCUT2D eigenvalue weighted by molar-refractivity contribution is -0.274. The lowest BCUT2D eigenvalue weighted by atomic mass is 10.1. The van der Waals surface area contributed by atoms with Crippen LogP contribution in [0.25, 0.3) is 11.0 Å². The zero-order valence-corrected chi connectivity index (χ0v) is 15.7. The summed E-state index contributed by atoms with van der Waals surface area (Å²) in [5.41, 5.74) is 0.766. The zero-order valence-electron chi connectivity index (χ0n) is 12.5. The minimum Gasteiger partial charge on any atom is -0.506 e. The molecule has 136 valence electrons. The van der Waals surface area contributed by atoms with Crippen molar-refractivity contribution in [2.45, 2.75) is 6.36 Å². The number of hydrogen-bond donors (Lipinski definition) is 2. The number of amides is 1. The topological polar surface area (TPSA) is 71.7 Å². The molecule has 1 heterocycles. The number of phenols is 1. The number of phenolic OH excluding ortho intramolecular Hbond substituents is 1. The first-order chi connectivity index (χ1) is 12.2. The number of carbonyl (C=O) groups is 1. The average Bonchev–Trinajstić information content (AvgIpc) is 2.97. The minimum atomic E-state index is -4.79. The van der Waals surface area contributed by atoms with Crippen LogP contribution in [0, 0.1) is 0 Å². The number of halogens is 5. The molecule has 0 bridgehead atoms. The lowest BCUT2D eigenvalue weighted by Gasteiger charge is -2.10. The van der Waals surface area contributed by atoms with Gasteiger partial charge in [0.15, 0.2) is 0 Å². The fourth-order valence-corrected chi connectivity index (χ4v) is 3.51. The van der Waals surface area contributed by atoms with Crippen LogP contribution in [0.1, 0.15) is 10.4 Å². The van der Waals surface area contributed by atoms with Crippen molar-refractivity contribution in [3.05, 3.63) is 51.1 Å². The SMILES string of the molecule is O=C(Nc1ccc(OC(F)(F)F)cc1)c1coc2cc(Br)c(O)c(Br)c12. The van der Waals surface area contributed by atoms with Crippen LogP contribution in [-0.4, -0.2) is 17.4 Å². The molecule has 1 amide bonds. The number of nitrogens with one attached hydrogen (secondary N) is 1. The second kappa shape index (κ2) is 6.84. The molecule has 0 saturated carbocycles. The highest BCUT2D eigenvalue weighted by Gasteiger charge is 2.31. The molecular formula is C16H8Br2F3NO4. The molecule has 10 heteroatoms. The van der Waals surface area contributed by atoms with Crippen molar-refractivity contribution < 1.29 is 32.2 Å². The molecule has 3 aromatic rings. The van der Waals surface area contributed by atoms with Crippen molar-refractivity contribution in [3.8, 4) is 11.5 Å². The van der Waals surface area contributed by atoms with Gasteiger partial charge in [-0.2, -0.15) is 0 Å². The summed E-state index contributed by atoms with van der Waals surface area (Å²) in [6, 6.07) is 6.20. The third-order valence-corrected chi connectivity index (χ3v) is 4.70. The third kappa shape index (κ3) is 3.80. The van der Waals surface area contributed by atoms with Crippen LogP contribution in [0.3, 0.4) is 0 Å². The molecule has 26 heavy (non-hydrogen) atoms. The van der Waals surface area contributed by atoms with Gasteiger partial charge in [0, 0.05) is 5.69 Å². The van der Waals surface area contributed by atoms with E-state index in [0.717, 1.165) is 12.1 Å². The van der Waals surface area contributed by atoms with Crippen molar-refractivity contribution in [1.82, 2.24) is 0 Å². The highest BCUT2D eigenvalue weighted by molar-refractivity contribution is 9.11. The van der Waals surface area contributed by atoms with Gasteiger partial charge in [-0.3, -0.25) is 4.79 Å². The van der Waals surface area contributed by atoms with E-state index in [4.69, 9.17) is 4.42 Å². The molecule has 0 spiro atoms. The Morgan fingerprint density at radius 3 is 2.46 bits per heavy atom. The van der Waals surface area contributed by atoms with E-state index in [1.165, 1.54) is 24.5 Å². The number of aromatic hydroxyl groups is 1. The fourth-order valence-electron chi connectivity index (χ4n) is 2.22. The maximum absolute atomic E-state index is 12.5. The molecule has 0 radical (unpaired) electrons. The molecule has 2 aromatic carbocycles. The molecule has 0 fully saturated rings. The van der Waals surface area contributed by atoms with Crippen LogP contribution < -0.4 is 10.1 Å². The van der Waals surface area contributed by atoms with E-state index in [1.807, 2.05) is 0 Å². The predicted molar refractivity (Wildman–Crippen MR) is 94.4 cm³/mol. The average molecular weight is 495 g/mol. The fraction of sp³-hybridized carbons (Fsp3) is 0.0625. The van der Waals surface area contributed by atoms with Gasteiger partial charge in [0.1, 0.15) is 23.3 Å². The Hall–Kier alpha value is -2.20. The summed E-state index contributed by atoms with van der Waals surface area (Å²) in [5, 5.41) is 12.9. The number of rotatable bonds is 3. The Kier molecular flexibility index (Phi) is 4.89. The molecule has 0 atom stereocenters. The maximum Gasteiger partial charge on any atom is 0.573 e. The summed E-state index contributed by atoms with van der Waals surface area (Å²) in [6.07, 6.45) is -3.57. The van der Waals surface area contributed by atoms with Gasteiger partial charge in [-0.1, -0.05) is 0 Å². The first-order valence-corrected chi connectivity index (χ1v) is 8.49. The number of ether oxygens (including phenoxy) is 1. The number of fused-ring (bicyclic) bond motifs is 1. The minimum absolute atomic E-state index is 0.0957. The summed E-state index contributed by atoms with van der Waals surface area (Å²) in [4.78, 5) is 12.5. The van der Waals surface area contributed by atoms with Crippen LogP contribution in [-0.2, 0) is 0 Å². The standard InChI is InChI=1S/C16H8Br2F3NO4/c17-10-5-11-12(13(18)14(10)23)9(6-25-11)15(24)22-7-1-3-8(4-2-7)26-16(19,20)21/h1-6,23H,(H,22,24). The summed E-state index contributed by atoms with van der Waals surface area (Å²) in [5.74, 6) is -1.06.